The van der Waals surface area contributed by atoms with Gasteiger partial charge in [0.15, 0.2) is 0 Å². The molecule has 0 saturated carbocycles. The molecule has 1 atom stereocenters. The number of aromatic hydroxyl groups is 2. The van der Waals surface area contributed by atoms with Crippen LogP contribution in [0.5, 0.6) is 11.5 Å². The SMILES string of the molecule is O=C(O)C1CC(=O)N(c2cc(O)cc(O)c2)C1. The van der Waals surface area contributed by atoms with Gasteiger partial charge in [-0.15, -0.1) is 0 Å². The minimum absolute atomic E-state index is 0.0526. The first kappa shape index (κ1) is 11.3. The van der Waals surface area contributed by atoms with Crippen LogP contribution < -0.4 is 4.90 Å². The predicted molar refractivity (Wildman–Crippen MR) is 57.9 cm³/mol. The van der Waals surface area contributed by atoms with E-state index >= 15 is 0 Å². The summed E-state index contributed by atoms with van der Waals surface area (Å²) in [5.41, 5.74) is 0.302. The molecular weight excluding hydrogens is 226 g/mol. The zero-order valence-electron chi connectivity index (χ0n) is 8.83. The Bertz CT molecular complexity index is 465. The molecule has 0 aliphatic carbocycles. The van der Waals surface area contributed by atoms with Gasteiger partial charge in [-0.1, -0.05) is 0 Å². The molecule has 1 unspecified atom stereocenters. The summed E-state index contributed by atoms with van der Waals surface area (Å²) in [6, 6.07) is 3.75. The number of phenolic OH excluding ortho intramolecular Hbond substituents is 2. The number of carboxylic acid groups (broad SMARTS) is 1. The van der Waals surface area contributed by atoms with Crippen LogP contribution in [0.1, 0.15) is 6.42 Å². The van der Waals surface area contributed by atoms with Crippen LogP contribution in [-0.4, -0.2) is 33.7 Å². The molecule has 1 aliphatic heterocycles. The number of carbonyl (C=O) groups is 2. The topological polar surface area (TPSA) is 98.1 Å². The van der Waals surface area contributed by atoms with E-state index in [1.54, 1.807) is 0 Å². The van der Waals surface area contributed by atoms with E-state index in [-0.39, 0.29) is 30.4 Å². The van der Waals surface area contributed by atoms with Crippen LogP contribution in [0.15, 0.2) is 18.2 Å². The van der Waals surface area contributed by atoms with Crippen LogP contribution in [0.25, 0.3) is 0 Å². The van der Waals surface area contributed by atoms with Gasteiger partial charge in [0.2, 0.25) is 5.91 Å². The Balaban J connectivity index is 2.28. The second kappa shape index (κ2) is 3.97. The van der Waals surface area contributed by atoms with Crippen molar-refractivity contribution in [1.82, 2.24) is 0 Å². The molecule has 90 valence electrons. The molecule has 1 saturated heterocycles. The Hall–Kier alpha value is -2.24. The van der Waals surface area contributed by atoms with Crippen molar-refractivity contribution >= 4 is 17.6 Å². The molecule has 1 aromatic rings. The number of anilines is 1. The minimum atomic E-state index is -1.02. The molecule has 0 radical (unpaired) electrons. The van der Waals surface area contributed by atoms with E-state index in [0.717, 1.165) is 6.07 Å². The van der Waals surface area contributed by atoms with Crippen molar-refractivity contribution in [2.45, 2.75) is 6.42 Å². The van der Waals surface area contributed by atoms with E-state index in [4.69, 9.17) is 5.11 Å². The van der Waals surface area contributed by atoms with Gasteiger partial charge in [-0.05, 0) is 0 Å². The van der Waals surface area contributed by atoms with Crippen LogP contribution in [0, 0.1) is 5.92 Å². The highest BCUT2D eigenvalue weighted by Crippen LogP contribution is 2.31. The van der Waals surface area contributed by atoms with Gasteiger partial charge in [0, 0.05) is 31.2 Å². The van der Waals surface area contributed by atoms with Gasteiger partial charge >= 0.3 is 5.97 Å². The number of nitrogens with zero attached hydrogens (tertiary/aromatic N) is 1. The smallest absolute Gasteiger partial charge is 0.308 e. The number of phenols is 2. The second-order valence-electron chi connectivity index (χ2n) is 3.95. The van der Waals surface area contributed by atoms with Crippen molar-refractivity contribution in [1.29, 1.82) is 0 Å². The monoisotopic (exact) mass is 237 g/mol. The maximum absolute atomic E-state index is 11.6. The molecule has 6 nitrogen and oxygen atoms in total. The van der Waals surface area contributed by atoms with E-state index in [9.17, 15) is 19.8 Å². The molecule has 1 heterocycles. The normalized spacial score (nSPS) is 19.6. The fraction of sp³-hybridized carbons (Fsp3) is 0.273. The number of rotatable bonds is 2. The number of amides is 1. The maximum Gasteiger partial charge on any atom is 0.308 e. The molecule has 17 heavy (non-hydrogen) atoms. The van der Waals surface area contributed by atoms with Crippen molar-refractivity contribution in [2.75, 3.05) is 11.4 Å². The van der Waals surface area contributed by atoms with Gasteiger partial charge in [0.05, 0.1) is 11.6 Å². The zero-order chi connectivity index (χ0) is 12.6. The predicted octanol–water partition coefficient (Wildman–Crippen LogP) is 0.535. The van der Waals surface area contributed by atoms with Crippen molar-refractivity contribution in [2.24, 2.45) is 5.92 Å². The Morgan fingerprint density at radius 3 is 2.29 bits per heavy atom. The lowest BCUT2D eigenvalue weighted by Crippen LogP contribution is -2.25. The molecule has 1 fully saturated rings. The van der Waals surface area contributed by atoms with Gasteiger partial charge in [-0.25, -0.2) is 0 Å². The van der Waals surface area contributed by atoms with Crippen molar-refractivity contribution < 1.29 is 24.9 Å². The van der Waals surface area contributed by atoms with Crippen molar-refractivity contribution in [3.05, 3.63) is 18.2 Å². The molecule has 3 N–H and O–H groups in total. The van der Waals surface area contributed by atoms with E-state index in [2.05, 4.69) is 0 Å². The first-order valence-corrected chi connectivity index (χ1v) is 5.03. The highest BCUT2D eigenvalue weighted by atomic mass is 16.4. The standard InChI is InChI=1S/C11H11NO5/c13-8-2-7(3-9(14)4-8)12-5-6(11(16)17)1-10(12)15/h2-4,6,13-14H,1,5H2,(H,16,17). The average molecular weight is 237 g/mol. The number of hydrogen-bond donors (Lipinski definition) is 3. The van der Waals surface area contributed by atoms with Gasteiger partial charge in [0.25, 0.3) is 0 Å². The maximum atomic E-state index is 11.6. The average Bonchev–Trinajstić information content (AvgIpc) is 2.59. The first-order valence-electron chi connectivity index (χ1n) is 5.03. The summed E-state index contributed by atoms with van der Waals surface area (Å²) in [5.74, 6) is -2.45. The third kappa shape index (κ3) is 2.15. The third-order valence-corrected chi connectivity index (χ3v) is 2.67. The molecule has 6 heteroatoms. The molecule has 1 amide bonds. The Kier molecular flexibility index (Phi) is 2.63. The number of carboxylic acids is 1. The van der Waals surface area contributed by atoms with Gasteiger partial charge < -0.3 is 20.2 Å². The van der Waals surface area contributed by atoms with Crippen molar-refractivity contribution in [3.63, 3.8) is 0 Å². The van der Waals surface area contributed by atoms with Gasteiger partial charge in [0.1, 0.15) is 11.5 Å². The summed E-state index contributed by atoms with van der Waals surface area (Å²) in [6.45, 7) is 0.0526. The number of aliphatic carboxylic acids is 1. The fourth-order valence-corrected chi connectivity index (χ4v) is 1.86. The molecule has 0 aromatic heterocycles. The Morgan fingerprint density at radius 1 is 1.24 bits per heavy atom. The minimum Gasteiger partial charge on any atom is -0.508 e. The summed E-state index contributed by atoms with van der Waals surface area (Å²) < 4.78 is 0. The molecule has 0 spiro atoms. The van der Waals surface area contributed by atoms with Crippen molar-refractivity contribution in [3.8, 4) is 11.5 Å². The van der Waals surface area contributed by atoms with E-state index in [0.29, 0.717) is 5.69 Å². The number of benzene rings is 1. The molecule has 0 bridgehead atoms. The van der Waals surface area contributed by atoms with E-state index in [1.807, 2.05) is 0 Å². The summed E-state index contributed by atoms with van der Waals surface area (Å²) in [4.78, 5) is 23.6. The van der Waals surface area contributed by atoms with Crippen LogP contribution in [0.4, 0.5) is 5.69 Å². The summed E-state index contributed by atoms with van der Waals surface area (Å²) >= 11 is 0. The lowest BCUT2D eigenvalue weighted by atomic mass is 10.1. The lowest BCUT2D eigenvalue weighted by molar-refractivity contribution is -0.141. The van der Waals surface area contributed by atoms with Crippen LogP contribution >= 0.6 is 0 Å². The molecule has 1 aromatic carbocycles. The quantitative estimate of drug-likeness (QED) is 0.697. The zero-order valence-corrected chi connectivity index (χ0v) is 8.83. The second-order valence-corrected chi connectivity index (χ2v) is 3.95. The van der Waals surface area contributed by atoms with Gasteiger partial charge in [-0.3, -0.25) is 9.59 Å². The largest absolute Gasteiger partial charge is 0.508 e. The summed E-state index contributed by atoms with van der Waals surface area (Å²) in [5, 5.41) is 27.4. The molecule has 2 rings (SSSR count). The third-order valence-electron chi connectivity index (χ3n) is 2.67. The number of carbonyl (C=O) groups excluding carboxylic acids is 1. The van der Waals surface area contributed by atoms with Gasteiger partial charge in [-0.2, -0.15) is 0 Å². The molecule has 1 aliphatic rings. The van der Waals surface area contributed by atoms with E-state index in [1.165, 1.54) is 17.0 Å². The van der Waals surface area contributed by atoms with Crippen LogP contribution in [-0.2, 0) is 9.59 Å². The highest BCUT2D eigenvalue weighted by Gasteiger charge is 2.35. The number of hydrogen-bond acceptors (Lipinski definition) is 4. The van der Waals surface area contributed by atoms with E-state index < -0.39 is 11.9 Å². The first-order chi connectivity index (χ1) is 7.97. The lowest BCUT2D eigenvalue weighted by Gasteiger charge is -2.16. The summed E-state index contributed by atoms with van der Waals surface area (Å²) in [7, 11) is 0. The highest BCUT2D eigenvalue weighted by molar-refractivity contribution is 5.99. The Morgan fingerprint density at radius 2 is 1.82 bits per heavy atom. The molecular formula is C11H11NO5. The van der Waals surface area contributed by atoms with Crippen LogP contribution in [0.2, 0.25) is 0 Å². The Labute approximate surface area is 96.7 Å². The summed E-state index contributed by atoms with van der Waals surface area (Å²) in [6.07, 6.45) is -0.0637. The fourth-order valence-electron chi connectivity index (χ4n) is 1.86. The van der Waals surface area contributed by atoms with Crippen LogP contribution in [0.3, 0.4) is 0 Å².